The maximum absolute atomic E-state index is 5.81. The molecule has 70 valence electrons. The van der Waals surface area contributed by atoms with E-state index in [-0.39, 0.29) is 0 Å². The van der Waals surface area contributed by atoms with Crippen LogP contribution >= 0.6 is 22.6 Å². The summed E-state index contributed by atoms with van der Waals surface area (Å²) < 4.78 is 1.15. The van der Waals surface area contributed by atoms with Crippen molar-refractivity contribution in [3.8, 4) is 0 Å². The summed E-state index contributed by atoms with van der Waals surface area (Å²) in [4.78, 5) is 4.15. The number of nitrogens with one attached hydrogen (secondary N) is 1. The second kappa shape index (κ2) is 3.79. The zero-order valence-corrected chi connectivity index (χ0v) is 9.41. The smallest absolute Gasteiger partial charge is 0.128 e. The highest BCUT2D eigenvalue weighted by molar-refractivity contribution is 14.1. The van der Waals surface area contributed by atoms with Crippen LogP contribution in [0.25, 0.3) is 0 Å². The molecule has 1 aliphatic rings. The van der Waals surface area contributed by atoms with Crippen LogP contribution < -0.4 is 11.1 Å². The molecule has 1 atom stereocenters. The standard InChI is InChI=1S/C9H12IN3/c10-6-4-7(9(11)13-5-6)8-2-1-3-12-8/h4-5,8,12H,1-3H2,(H2,11,13)/t8-/m1/s1. The monoisotopic (exact) mass is 289 g/mol. The van der Waals surface area contributed by atoms with Crippen LogP contribution in [0.1, 0.15) is 24.4 Å². The van der Waals surface area contributed by atoms with Crippen LogP contribution in [0.2, 0.25) is 0 Å². The van der Waals surface area contributed by atoms with Gasteiger partial charge >= 0.3 is 0 Å². The summed E-state index contributed by atoms with van der Waals surface area (Å²) in [6.45, 7) is 1.09. The van der Waals surface area contributed by atoms with Gasteiger partial charge in [0.25, 0.3) is 0 Å². The van der Waals surface area contributed by atoms with Crippen molar-refractivity contribution in [3.05, 3.63) is 21.4 Å². The summed E-state index contributed by atoms with van der Waals surface area (Å²) in [6, 6.07) is 2.54. The summed E-state index contributed by atoms with van der Waals surface area (Å²) >= 11 is 2.26. The van der Waals surface area contributed by atoms with Crippen molar-refractivity contribution >= 4 is 28.4 Å². The van der Waals surface area contributed by atoms with E-state index in [4.69, 9.17) is 5.73 Å². The molecule has 0 spiro atoms. The lowest BCUT2D eigenvalue weighted by Gasteiger charge is -2.12. The van der Waals surface area contributed by atoms with Crippen LogP contribution in [-0.2, 0) is 0 Å². The lowest BCUT2D eigenvalue weighted by atomic mass is 10.1. The van der Waals surface area contributed by atoms with Crippen LogP contribution in [0.5, 0.6) is 0 Å². The van der Waals surface area contributed by atoms with Crippen molar-refractivity contribution in [3.63, 3.8) is 0 Å². The Balaban J connectivity index is 2.32. The molecule has 3 N–H and O–H groups in total. The van der Waals surface area contributed by atoms with E-state index in [1.807, 2.05) is 0 Å². The van der Waals surface area contributed by atoms with Gasteiger partial charge in [-0.25, -0.2) is 4.98 Å². The topological polar surface area (TPSA) is 50.9 Å². The molecule has 0 unspecified atom stereocenters. The number of rotatable bonds is 1. The maximum atomic E-state index is 5.81. The van der Waals surface area contributed by atoms with Crippen molar-refractivity contribution < 1.29 is 0 Å². The molecule has 0 radical (unpaired) electrons. The number of nitrogen functional groups attached to an aromatic ring is 1. The lowest BCUT2D eigenvalue weighted by molar-refractivity contribution is 0.647. The van der Waals surface area contributed by atoms with Crippen molar-refractivity contribution in [1.82, 2.24) is 10.3 Å². The number of anilines is 1. The molecule has 0 saturated carbocycles. The summed E-state index contributed by atoms with van der Waals surface area (Å²) in [5.74, 6) is 0.666. The van der Waals surface area contributed by atoms with E-state index in [1.165, 1.54) is 12.8 Å². The fourth-order valence-corrected chi connectivity index (χ4v) is 2.17. The highest BCUT2D eigenvalue weighted by Gasteiger charge is 2.18. The molecule has 3 nitrogen and oxygen atoms in total. The van der Waals surface area contributed by atoms with Crippen LogP contribution in [0.4, 0.5) is 5.82 Å². The van der Waals surface area contributed by atoms with Gasteiger partial charge in [0, 0.05) is 21.4 Å². The SMILES string of the molecule is Nc1ncc(I)cc1[C@H]1CCCN1. The first-order valence-corrected chi connectivity index (χ1v) is 5.49. The van der Waals surface area contributed by atoms with Gasteiger partial charge in [-0.3, -0.25) is 0 Å². The first kappa shape index (κ1) is 9.21. The molecular formula is C9H12IN3. The third kappa shape index (κ3) is 1.94. The first-order chi connectivity index (χ1) is 6.27. The molecule has 0 aliphatic carbocycles. The average molecular weight is 289 g/mol. The van der Waals surface area contributed by atoms with Crippen molar-refractivity contribution in [2.24, 2.45) is 0 Å². The minimum Gasteiger partial charge on any atom is -0.383 e. The highest BCUT2D eigenvalue weighted by Crippen LogP contribution is 2.27. The summed E-state index contributed by atoms with van der Waals surface area (Å²) in [7, 11) is 0. The Bertz CT molecular complexity index is 308. The number of pyridine rings is 1. The second-order valence-electron chi connectivity index (χ2n) is 3.28. The quantitative estimate of drug-likeness (QED) is 0.774. The molecule has 13 heavy (non-hydrogen) atoms. The van der Waals surface area contributed by atoms with E-state index >= 15 is 0 Å². The molecule has 1 aromatic rings. The highest BCUT2D eigenvalue weighted by atomic mass is 127. The summed E-state index contributed by atoms with van der Waals surface area (Å²) in [5.41, 5.74) is 6.97. The van der Waals surface area contributed by atoms with Gasteiger partial charge in [-0.15, -0.1) is 0 Å². The van der Waals surface area contributed by atoms with Crippen LogP contribution in [0.3, 0.4) is 0 Å². The van der Waals surface area contributed by atoms with Crippen LogP contribution in [0, 0.1) is 3.57 Å². The van der Waals surface area contributed by atoms with Gasteiger partial charge in [0.05, 0.1) is 0 Å². The molecule has 2 rings (SSSR count). The van der Waals surface area contributed by atoms with Gasteiger partial charge in [-0.1, -0.05) is 0 Å². The molecule has 1 aromatic heterocycles. The van der Waals surface area contributed by atoms with E-state index in [9.17, 15) is 0 Å². The zero-order chi connectivity index (χ0) is 9.26. The minimum atomic E-state index is 0.419. The molecule has 1 aliphatic heterocycles. The number of aromatic nitrogens is 1. The Kier molecular flexibility index (Phi) is 2.69. The fraction of sp³-hybridized carbons (Fsp3) is 0.444. The molecule has 1 saturated heterocycles. The Morgan fingerprint density at radius 3 is 3.15 bits per heavy atom. The summed E-state index contributed by atoms with van der Waals surface area (Å²) in [5, 5.41) is 3.42. The number of nitrogens with zero attached hydrogens (tertiary/aromatic N) is 1. The molecule has 4 heteroatoms. The Morgan fingerprint density at radius 1 is 1.62 bits per heavy atom. The molecule has 0 amide bonds. The van der Waals surface area contributed by atoms with Crippen LogP contribution in [0.15, 0.2) is 12.3 Å². The predicted molar refractivity (Wildman–Crippen MR) is 61.3 cm³/mol. The number of halogens is 1. The molecule has 0 bridgehead atoms. The van der Waals surface area contributed by atoms with E-state index in [0.717, 1.165) is 15.7 Å². The van der Waals surface area contributed by atoms with Gasteiger partial charge in [0.1, 0.15) is 5.82 Å². The Labute approximate surface area is 91.3 Å². The Morgan fingerprint density at radius 2 is 2.46 bits per heavy atom. The van der Waals surface area contributed by atoms with E-state index in [1.54, 1.807) is 6.20 Å². The zero-order valence-electron chi connectivity index (χ0n) is 7.26. The van der Waals surface area contributed by atoms with E-state index < -0.39 is 0 Å². The molecule has 2 heterocycles. The normalized spacial score (nSPS) is 22.1. The molecule has 0 aromatic carbocycles. The van der Waals surface area contributed by atoms with E-state index in [2.05, 4.69) is 39.0 Å². The van der Waals surface area contributed by atoms with Gasteiger partial charge in [-0.2, -0.15) is 0 Å². The van der Waals surface area contributed by atoms with Gasteiger partial charge < -0.3 is 11.1 Å². The number of hydrogen-bond acceptors (Lipinski definition) is 3. The molecular weight excluding hydrogens is 277 g/mol. The summed E-state index contributed by atoms with van der Waals surface area (Å²) in [6.07, 6.45) is 4.20. The second-order valence-corrected chi connectivity index (χ2v) is 4.52. The predicted octanol–water partition coefficient (Wildman–Crippen LogP) is 1.69. The number of nitrogens with two attached hydrogens (primary N) is 1. The maximum Gasteiger partial charge on any atom is 0.128 e. The molecule has 1 fully saturated rings. The van der Waals surface area contributed by atoms with Gasteiger partial charge in [0.15, 0.2) is 0 Å². The minimum absolute atomic E-state index is 0.419. The van der Waals surface area contributed by atoms with Gasteiger partial charge in [0.2, 0.25) is 0 Å². The lowest BCUT2D eigenvalue weighted by Crippen LogP contribution is -2.15. The fourth-order valence-electron chi connectivity index (χ4n) is 1.69. The third-order valence-electron chi connectivity index (χ3n) is 2.35. The Hall–Kier alpha value is -0.360. The van der Waals surface area contributed by atoms with Crippen molar-refractivity contribution in [2.75, 3.05) is 12.3 Å². The first-order valence-electron chi connectivity index (χ1n) is 4.41. The van der Waals surface area contributed by atoms with Crippen LogP contribution in [-0.4, -0.2) is 11.5 Å². The number of hydrogen-bond donors (Lipinski definition) is 2. The van der Waals surface area contributed by atoms with E-state index in [0.29, 0.717) is 11.9 Å². The van der Waals surface area contributed by atoms with Crippen molar-refractivity contribution in [1.29, 1.82) is 0 Å². The third-order valence-corrected chi connectivity index (χ3v) is 2.94. The van der Waals surface area contributed by atoms with Gasteiger partial charge in [-0.05, 0) is 48.0 Å². The largest absolute Gasteiger partial charge is 0.383 e. The van der Waals surface area contributed by atoms with Crippen molar-refractivity contribution in [2.45, 2.75) is 18.9 Å². The average Bonchev–Trinajstić information content (AvgIpc) is 2.61.